The summed E-state index contributed by atoms with van der Waals surface area (Å²) in [5.74, 6) is -1.63. The number of sulfonamides is 1. The van der Waals surface area contributed by atoms with Gasteiger partial charge in [0.15, 0.2) is 0 Å². The van der Waals surface area contributed by atoms with Crippen LogP contribution in [0.1, 0.15) is 19.8 Å². The van der Waals surface area contributed by atoms with Crippen LogP contribution in [0.3, 0.4) is 0 Å². The number of hydrogen-bond acceptors (Lipinski definition) is 4. The van der Waals surface area contributed by atoms with E-state index in [9.17, 15) is 18.0 Å². The number of nitrogens with zero attached hydrogens (tertiary/aromatic N) is 2. The lowest BCUT2D eigenvalue weighted by Crippen LogP contribution is -2.49. The van der Waals surface area contributed by atoms with Gasteiger partial charge in [-0.05, 0) is 44.0 Å². The molecule has 7 nitrogen and oxygen atoms in total. The summed E-state index contributed by atoms with van der Waals surface area (Å²) < 4.78 is 25.9. The largest absolute Gasteiger partial charge is 0.480 e. The zero-order valence-electron chi connectivity index (χ0n) is 13.3. The Morgan fingerprint density at radius 2 is 1.83 bits per heavy atom. The van der Waals surface area contributed by atoms with E-state index in [1.165, 1.54) is 43.1 Å². The van der Waals surface area contributed by atoms with Crippen molar-refractivity contribution in [3.05, 3.63) is 29.3 Å². The number of aliphatic carboxylic acids is 1. The molecule has 0 saturated heterocycles. The number of amides is 1. The van der Waals surface area contributed by atoms with E-state index in [-0.39, 0.29) is 10.9 Å². The van der Waals surface area contributed by atoms with Gasteiger partial charge in [-0.1, -0.05) is 11.6 Å². The average molecular weight is 375 g/mol. The second-order valence-corrected chi connectivity index (χ2v) is 8.24. The summed E-state index contributed by atoms with van der Waals surface area (Å²) in [6.45, 7) is 1.01. The van der Waals surface area contributed by atoms with Crippen molar-refractivity contribution in [1.29, 1.82) is 0 Å². The van der Waals surface area contributed by atoms with Crippen LogP contribution in [0.15, 0.2) is 29.2 Å². The molecule has 1 unspecified atom stereocenters. The van der Waals surface area contributed by atoms with Gasteiger partial charge in [-0.25, -0.2) is 13.2 Å². The predicted molar refractivity (Wildman–Crippen MR) is 88.2 cm³/mol. The number of halogens is 1. The highest BCUT2D eigenvalue weighted by molar-refractivity contribution is 7.89. The smallest absolute Gasteiger partial charge is 0.326 e. The number of carbonyl (C=O) groups excluding carboxylic acids is 1. The maximum absolute atomic E-state index is 12.5. The highest BCUT2D eigenvalue weighted by Gasteiger charge is 2.39. The number of rotatable bonds is 7. The fourth-order valence-electron chi connectivity index (χ4n) is 2.35. The third kappa shape index (κ3) is 4.06. The minimum atomic E-state index is -3.86. The topological polar surface area (TPSA) is 95.0 Å². The molecule has 2 rings (SSSR count). The standard InChI is InChI=1S/C15H19ClN2O5S/c1-10(15(20)21)18(12-5-6-12)14(19)9-17(2)24(22,23)13-7-3-11(16)4-8-13/h3-4,7-8,10,12H,5-6,9H2,1-2H3,(H,20,21). The Morgan fingerprint density at radius 3 is 2.29 bits per heavy atom. The van der Waals surface area contributed by atoms with E-state index < -0.39 is 34.5 Å². The summed E-state index contributed by atoms with van der Waals surface area (Å²) in [6.07, 6.45) is 1.47. The fraction of sp³-hybridized carbons (Fsp3) is 0.467. The Bertz CT molecular complexity index is 731. The molecule has 9 heteroatoms. The third-order valence-corrected chi connectivity index (χ3v) is 5.95. The summed E-state index contributed by atoms with van der Waals surface area (Å²) >= 11 is 5.75. The highest BCUT2D eigenvalue weighted by Crippen LogP contribution is 2.29. The van der Waals surface area contributed by atoms with E-state index in [1.807, 2.05) is 0 Å². The van der Waals surface area contributed by atoms with E-state index >= 15 is 0 Å². The van der Waals surface area contributed by atoms with Crippen LogP contribution in [0.2, 0.25) is 5.02 Å². The van der Waals surface area contributed by atoms with Crippen LogP contribution in [0.25, 0.3) is 0 Å². The van der Waals surface area contributed by atoms with Gasteiger partial charge in [-0.3, -0.25) is 4.79 Å². The van der Waals surface area contributed by atoms with Crippen LogP contribution in [0, 0.1) is 0 Å². The molecule has 1 aliphatic rings. The molecule has 1 fully saturated rings. The van der Waals surface area contributed by atoms with Crippen molar-refractivity contribution in [2.75, 3.05) is 13.6 Å². The first-order chi connectivity index (χ1) is 11.1. The quantitative estimate of drug-likeness (QED) is 0.778. The molecule has 1 aromatic carbocycles. The van der Waals surface area contributed by atoms with Crippen molar-refractivity contribution < 1.29 is 23.1 Å². The van der Waals surface area contributed by atoms with Crippen LogP contribution in [0.5, 0.6) is 0 Å². The van der Waals surface area contributed by atoms with Crippen LogP contribution < -0.4 is 0 Å². The molecule has 24 heavy (non-hydrogen) atoms. The maximum atomic E-state index is 12.5. The Balaban J connectivity index is 2.14. The Kier molecular flexibility index (Phi) is 5.52. The van der Waals surface area contributed by atoms with Crippen molar-refractivity contribution >= 4 is 33.5 Å². The van der Waals surface area contributed by atoms with Gasteiger partial charge in [0.2, 0.25) is 15.9 Å². The fourth-order valence-corrected chi connectivity index (χ4v) is 3.60. The molecule has 1 N–H and O–H groups in total. The van der Waals surface area contributed by atoms with Crippen LogP contribution >= 0.6 is 11.6 Å². The molecule has 1 atom stereocenters. The molecule has 0 bridgehead atoms. The zero-order chi connectivity index (χ0) is 18.1. The number of carbonyl (C=O) groups is 2. The van der Waals surface area contributed by atoms with Gasteiger partial charge in [0.25, 0.3) is 0 Å². The van der Waals surface area contributed by atoms with E-state index in [0.29, 0.717) is 5.02 Å². The summed E-state index contributed by atoms with van der Waals surface area (Å²) in [6, 6.07) is 4.50. The second-order valence-electron chi connectivity index (χ2n) is 5.76. The number of likely N-dealkylation sites (N-methyl/N-ethyl adjacent to an activating group) is 1. The average Bonchev–Trinajstić information content (AvgIpc) is 3.32. The summed E-state index contributed by atoms with van der Waals surface area (Å²) in [5.41, 5.74) is 0. The molecule has 0 radical (unpaired) electrons. The monoisotopic (exact) mass is 374 g/mol. The van der Waals surface area contributed by atoms with Gasteiger partial charge in [0, 0.05) is 18.1 Å². The SMILES string of the molecule is CC(C(=O)O)N(C(=O)CN(C)S(=O)(=O)c1ccc(Cl)cc1)C1CC1. The second kappa shape index (κ2) is 7.08. The van der Waals surface area contributed by atoms with Gasteiger partial charge < -0.3 is 10.0 Å². The molecule has 0 heterocycles. The predicted octanol–water partition coefficient (Wildman–Crippen LogP) is 1.42. The molecule has 1 aromatic rings. The van der Waals surface area contributed by atoms with Gasteiger partial charge in [0.05, 0.1) is 11.4 Å². The van der Waals surface area contributed by atoms with E-state index in [2.05, 4.69) is 0 Å². The van der Waals surface area contributed by atoms with Crippen molar-refractivity contribution in [2.24, 2.45) is 0 Å². The Morgan fingerprint density at radius 1 is 1.29 bits per heavy atom. The molecular formula is C15H19ClN2O5S. The Hall–Kier alpha value is -1.64. The van der Waals surface area contributed by atoms with Crippen molar-refractivity contribution in [3.8, 4) is 0 Å². The van der Waals surface area contributed by atoms with Gasteiger partial charge >= 0.3 is 5.97 Å². The van der Waals surface area contributed by atoms with E-state index in [1.54, 1.807) is 0 Å². The number of carboxylic acid groups (broad SMARTS) is 1. The first-order valence-corrected chi connectivity index (χ1v) is 9.22. The van der Waals surface area contributed by atoms with Gasteiger partial charge in [-0.2, -0.15) is 4.31 Å². The minimum absolute atomic E-state index is 0.0199. The number of carboxylic acids is 1. The molecule has 0 aliphatic heterocycles. The molecule has 0 spiro atoms. The van der Waals surface area contributed by atoms with Gasteiger partial charge in [-0.15, -0.1) is 0 Å². The summed E-state index contributed by atoms with van der Waals surface area (Å²) in [5, 5.41) is 9.54. The zero-order valence-corrected chi connectivity index (χ0v) is 14.9. The van der Waals surface area contributed by atoms with Crippen molar-refractivity contribution in [1.82, 2.24) is 9.21 Å². The van der Waals surface area contributed by atoms with Crippen molar-refractivity contribution in [3.63, 3.8) is 0 Å². The number of benzene rings is 1. The van der Waals surface area contributed by atoms with E-state index in [4.69, 9.17) is 16.7 Å². The molecule has 1 amide bonds. The normalized spacial score (nSPS) is 16.0. The lowest BCUT2D eigenvalue weighted by Gasteiger charge is -2.28. The van der Waals surface area contributed by atoms with Crippen LogP contribution in [-0.2, 0) is 19.6 Å². The van der Waals surface area contributed by atoms with Crippen LogP contribution in [-0.4, -0.2) is 60.3 Å². The van der Waals surface area contributed by atoms with E-state index in [0.717, 1.165) is 17.1 Å². The summed E-state index contributed by atoms with van der Waals surface area (Å²) in [7, 11) is -2.57. The lowest BCUT2D eigenvalue weighted by atomic mass is 10.2. The third-order valence-electron chi connectivity index (χ3n) is 3.88. The summed E-state index contributed by atoms with van der Waals surface area (Å²) in [4.78, 5) is 24.9. The van der Waals surface area contributed by atoms with Crippen LogP contribution in [0.4, 0.5) is 0 Å². The maximum Gasteiger partial charge on any atom is 0.326 e. The number of hydrogen-bond donors (Lipinski definition) is 1. The first-order valence-electron chi connectivity index (χ1n) is 7.40. The minimum Gasteiger partial charge on any atom is -0.480 e. The highest BCUT2D eigenvalue weighted by atomic mass is 35.5. The molecule has 132 valence electrons. The molecule has 1 aliphatic carbocycles. The van der Waals surface area contributed by atoms with Gasteiger partial charge in [0.1, 0.15) is 6.04 Å². The molecule has 1 saturated carbocycles. The lowest BCUT2D eigenvalue weighted by molar-refractivity contribution is -0.150. The molecular weight excluding hydrogens is 356 g/mol. The molecule has 0 aromatic heterocycles. The van der Waals surface area contributed by atoms with Crippen molar-refractivity contribution in [2.45, 2.75) is 36.7 Å². The Labute approximate surface area is 145 Å². The first kappa shape index (κ1) is 18.7.